The van der Waals surface area contributed by atoms with Crippen molar-refractivity contribution < 1.29 is 18.3 Å². The molecule has 2 nitrogen and oxygen atoms in total. The zero-order valence-electron chi connectivity index (χ0n) is 11.1. The molecule has 0 fully saturated rings. The molecule has 1 N–H and O–H groups in total. The lowest BCUT2D eigenvalue weighted by Crippen LogP contribution is -2.22. The van der Waals surface area contributed by atoms with Crippen molar-refractivity contribution in [2.24, 2.45) is 0 Å². The first-order chi connectivity index (χ1) is 9.30. The van der Waals surface area contributed by atoms with Crippen molar-refractivity contribution in [3.8, 4) is 0 Å². The number of aromatic nitrogens is 1. The van der Waals surface area contributed by atoms with Gasteiger partial charge in [0.25, 0.3) is 0 Å². The SMILES string of the molecule is CC(O)(CCCC(F)(F)F)c1cccc2cnccc12. The van der Waals surface area contributed by atoms with E-state index in [1.165, 1.54) is 0 Å². The molecule has 1 atom stereocenters. The topological polar surface area (TPSA) is 33.1 Å². The lowest BCUT2D eigenvalue weighted by atomic mass is 9.87. The van der Waals surface area contributed by atoms with Crippen LogP contribution in [0.3, 0.4) is 0 Å². The number of rotatable bonds is 4. The second-order valence-electron chi connectivity index (χ2n) is 5.14. The van der Waals surface area contributed by atoms with Crippen LogP contribution in [0.4, 0.5) is 13.2 Å². The van der Waals surface area contributed by atoms with Gasteiger partial charge in [-0.25, -0.2) is 0 Å². The quantitative estimate of drug-likeness (QED) is 0.913. The van der Waals surface area contributed by atoms with Crippen molar-refractivity contribution >= 4 is 10.8 Å². The number of nitrogens with zero attached hydrogens (tertiary/aromatic N) is 1. The highest BCUT2D eigenvalue weighted by Crippen LogP contribution is 2.33. The molecule has 2 aromatic rings. The molecule has 0 aliphatic heterocycles. The fraction of sp³-hybridized carbons (Fsp3) is 0.400. The first-order valence-corrected chi connectivity index (χ1v) is 6.42. The van der Waals surface area contributed by atoms with Crippen LogP contribution in [0.1, 0.15) is 31.7 Å². The third kappa shape index (κ3) is 3.48. The third-order valence-corrected chi connectivity index (χ3v) is 3.38. The Morgan fingerprint density at radius 1 is 1.15 bits per heavy atom. The third-order valence-electron chi connectivity index (χ3n) is 3.38. The van der Waals surface area contributed by atoms with E-state index in [4.69, 9.17) is 0 Å². The molecular weight excluding hydrogens is 267 g/mol. The predicted octanol–water partition coefficient (Wildman–Crippen LogP) is 4.17. The summed E-state index contributed by atoms with van der Waals surface area (Å²) in [4.78, 5) is 4.00. The van der Waals surface area contributed by atoms with E-state index in [1.54, 1.807) is 37.5 Å². The zero-order chi connectivity index (χ0) is 14.8. The highest BCUT2D eigenvalue weighted by atomic mass is 19.4. The van der Waals surface area contributed by atoms with E-state index in [-0.39, 0.29) is 12.8 Å². The second-order valence-corrected chi connectivity index (χ2v) is 5.14. The van der Waals surface area contributed by atoms with E-state index in [0.29, 0.717) is 5.56 Å². The summed E-state index contributed by atoms with van der Waals surface area (Å²) in [6.45, 7) is 1.55. The molecule has 108 valence electrons. The monoisotopic (exact) mass is 283 g/mol. The highest BCUT2D eigenvalue weighted by Gasteiger charge is 2.30. The second kappa shape index (κ2) is 5.40. The molecular formula is C15H16F3NO. The molecule has 1 aromatic carbocycles. The molecule has 0 saturated heterocycles. The van der Waals surface area contributed by atoms with Crippen molar-refractivity contribution in [1.82, 2.24) is 4.98 Å². The fourth-order valence-electron chi connectivity index (χ4n) is 2.36. The van der Waals surface area contributed by atoms with Gasteiger partial charge >= 0.3 is 6.18 Å². The maximum absolute atomic E-state index is 12.2. The predicted molar refractivity (Wildman–Crippen MR) is 71.2 cm³/mol. The van der Waals surface area contributed by atoms with Crippen LogP contribution in [0, 0.1) is 0 Å². The van der Waals surface area contributed by atoms with E-state index in [0.717, 1.165) is 10.8 Å². The Morgan fingerprint density at radius 3 is 2.60 bits per heavy atom. The summed E-state index contributed by atoms with van der Waals surface area (Å²) >= 11 is 0. The van der Waals surface area contributed by atoms with E-state index < -0.39 is 18.2 Å². The van der Waals surface area contributed by atoms with Crippen molar-refractivity contribution in [3.63, 3.8) is 0 Å². The van der Waals surface area contributed by atoms with Gasteiger partial charge in [0.15, 0.2) is 0 Å². The minimum absolute atomic E-state index is 0.0634. The van der Waals surface area contributed by atoms with Crippen LogP contribution in [0.25, 0.3) is 10.8 Å². The molecule has 0 saturated carbocycles. The molecule has 0 radical (unpaired) electrons. The summed E-state index contributed by atoms with van der Waals surface area (Å²) in [7, 11) is 0. The number of pyridine rings is 1. The van der Waals surface area contributed by atoms with Crippen LogP contribution in [-0.4, -0.2) is 16.3 Å². The van der Waals surface area contributed by atoms with Crippen LogP contribution in [-0.2, 0) is 5.60 Å². The van der Waals surface area contributed by atoms with Gasteiger partial charge in [0.05, 0.1) is 5.60 Å². The van der Waals surface area contributed by atoms with E-state index >= 15 is 0 Å². The molecule has 0 spiro atoms. The molecule has 0 amide bonds. The number of fused-ring (bicyclic) bond motifs is 1. The Kier molecular flexibility index (Phi) is 3.99. The van der Waals surface area contributed by atoms with E-state index in [9.17, 15) is 18.3 Å². The molecule has 1 aromatic heterocycles. The molecule has 5 heteroatoms. The van der Waals surface area contributed by atoms with Crippen LogP contribution in [0.2, 0.25) is 0 Å². The van der Waals surface area contributed by atoms with Gasteiger partial charge in [-0.15, -0.1) is 0 Å². The normalized spacial score (nSPS) is 15.2. The minimum atomic E-state index is -4.18. The smallest absolute Gasteiger partial charge is 0.385 e. The number of aliphatic hydroxyl groups is 1. The maximum atomic E-state index is 12.2. The van der Waals surface area contributed by atoms with Crippen molar-refractivity contribution in [3.05, 3.63) is 42.2 Å². The lowest BCUT2D eigenvalue weighted by Gasteiger charge is -2.25. The Morgan fingerprint density at radius 2 is 1.90 bits per heavy atom. The summed E-state index contributed by atoms with van der Waals surface area (Å²) < 4.78 is 36.6. The summed E-state index contributed by atoms with van der Waals surface area (Å²) in [6.07, 6.45) is -1.82. The van der Waals surface area contributed by atoms with Gasteiger partial charge in [-0.3, -0.25) is 4.98 Å². The van der Waals surface area contributed by atoms with Crippen molar-refractivity contribution in [2.75, 3.05) is 0 Å². The van der Waals surface area contributed by atoms with E-state index in [1.807, 2.05) is 6.07 Å². The van der Waals surface area contributed by atoms with Crippen LogP contribution >= 0.6 is 0 Å². The van der Waals surface area contributed by atoms with Gasteiger partial charge in [0.2, 0.25) is 0 Å². The molecule has 20 heavy (non-hydrogen) atoms. The number of hydrogen-bond acceptors (Lipinski definition) is 2. The van der Waals surface area contributed by atoms with Crippen LogP contribution in [0.5, 0.6) is 0 Å². The molecule has 0 aliphatic carbocycles. The average Bonchev–Trinajstić information content (AvgIpc) is 2.36. The maximum Gasteiger partial charge on any atom is 0.389 e. The lowest BCUT2D eigenvalue weighted by molar-refractivity contribution is -0.137. The standard InChI is InChI=1S/C15H16F3NO/c1-14(20,7-3-8-15(16,17)18)13-5-2-4-11-10-19-9-6-12(11)13/h2,4-6,9-10,20H,3,7-8H2,1H3. The van der Waals surface area contributed by atoms with Gasteiger partial charge in [-0.05, 0) is 36.8 Å². The Balaban J connectivity index is 2.23. The van der Waals surface area contributed by atoms with Gasteiger partial charge in [-0.2, -0.15) is 13.2 Å². The summed E-state index contributed by atoms with van der Waals surface area (Å²) in [6, 6.07) is 7.15. The fourth-order valence-corrected chi connectivity index (χ4v) is 2.36. The Bertz CT molecular complexity index is 588. The number of alkyl halides is 3. The van der Waals surface area contributed by atoms with Gasteiger partial charge < -0.3 is 5.11 Å². The van der Waals surface area contributed by atoms with Gasteiger partial charge in [-0.1, -0.05) is 18.2 Å². The van der Waals surface area contributed by atoms with Crippen LogP contribution in [0.15, 0.2) is 36.7 Å². The molecule has 1 heterocycles. The van der Waals surface area contributed by atoms with Crippen molar-refractivity contribution in [2.45, 2.75) is 38.0 Å². The van der Waals surface area contributed by atoms with Crippen LogP contribution < -0.4 is 0 Å². The molecule has 2 rings (SSSR count). The van der Waals surface area contributed by atoms with Gasteiger partial charge in [0, 0.05) is 24.2 Å². The first-order valence-electron chi connectivity index (χ1n) is 6.42. The van der Waals surface area contributed by atoms with Gasteiger partial charge in [0.1, 0.15) is 0 Å². The summed E-state index contributed by atoms with van der Waals surface area (Å²) in [5.74, 6) is 0. The molecule has 0 bridgehead atoms. The number of hydrogen-bond donors (Lipinski definition) is 1. The minimum Gasteiger partial charge on any atom is -0.385 e. The Labute approximate surface area is 115 Å². The highest BCUT2D eigenvalue weighted by molar-refractivity contribution is 5.85. The zero-order valence-corrected chi connectivity index (χ0v) is 11.1. The molecule has 0 aliphatic rings. The summed E-state index contributed by atoms with van der Waals surface area (Å²) in [5, 5.41) is 12.2. The Hall–Kier alpha value is -1.62. The number of benzene rings is 1. The number of halogens is 3. The first kappa shape index (κ1) is 14.8. The van der Waals surface area contributed by atoms with E-state index in [2.05, 4.69) is 4.98 Å². The van der Waals surface area contributed by atoms with Crippen molar-refractivity contribution in [1.29, 1.82) is 0 Å². The molecule has 1 unspecified atom stereocenters. The summed E-state index contributed by atoms with van der Waals surface area (Å²) in [5.41, 5.74) is -0.647. The average molecular weight is 283 g/mol. The largest absolute Gasteiger partial charge is 0.389 e.